The molecule has 192 valence electrons. The fraction of sp³-hybridized carbons (Fsp3) is 0.483. The smallest absolute Gasteiger partial charge is 0.312 e. The number of nitrogens with zero attached hydrogens (tertiary/aromatic N) is 3. The molecule has 0 atom stereocenters. The van der Waals surface area contributed by atoms with Crippen LogP contribution in [0.4, 0.5) is 11.6 Å². The molecule has 36 heavy (non-hydrogen) atoms. The van der Waals surface area contributed by atoms with E-state index in [0.717, 1.165) is 49.2 Å². The maximum Gasteiger partial charge on any atom is 0.312 e. The van der Waals surface area contributed by atoms with E-state index in [2.05, 4.69) is 31.2 Å². The Hall–Kier alpha value is -3.35. The van der Waals surface area contributed by atoms with Gasteiger partial charge in [0.1, 0.15) is 24.0 Å². The Bertz CT molecular complexity index is 1140. The first-order chi connectivity index (χ1) is 17.3. The molecule has 0 saturated heterocycles. The van der Waals surface area contributed by atoms with Gasteiger partial charge in [-0.25, -0.2) is 9.67 Å². The molecule has 0 unspecified atom stereocenters. The van der Waals surface area contributed by atoms with E-state index in [-0.39, 0.29) is 11.5 Å². The number of hydrogen-bond donors (Lipinski definition) is 1. The third-order valence-corrected chi connectivity index (χ3v) is 6.67. The summed E-state index contributed by atoms with van der Waals surface area (Å²) in [5.41, 5.74) is 1.18. The van der Waals surface area contributed by atoms with Gasteiger partial charge in [-0.1, -0.05) is 49.6 Å². The van der Waals surface area contributed by atoms with Crippen LogP contribution in [0.2, 0.25) is 0 Å². The van der Waals surface area contributed by atoms with Crippen LogP contribution in [0, 0.1) is 5.41 Å². The third kappa shape index (κ3) is 6.25. The van der Waals surface area contributed by atoms with Gasteiger partial charge in [0.05, 0.1) is 23.8 Å². The molecule has 0 aliphatic heterocycles. The maximum atomic E-state index is 13.1. The molecule has 0 amide bonds. The van der Waals surface area contributed by atoms with Crippen molar-refractivity contribution in [1.82, 2.24) is 14.8 Å². The number of carbonyl (C=O) groups excluding carboxylic acids is 1. The molecule has 7 nitrogen and oxygen atoms in total. The van der Waals surface area contributed by atoms with Crippen LogP contribution in [-0.2, 0) is 28.1 Å². The number of pyridine rings is 1. The van der Waals surface area contributed by atoms with Gasteiger partial charge in [-0.15, -0.1) is 0 Å². The zero-order valence-corrected chi connectivity index (χ0v) is 21.9. The van der Waals surface area contributed by atoms with Gasteiger partial charge in [0.15, 0.2) is 0 Å². The summed E-state index contributed by atoms with van der Waals surface area (Å²) in [5.74, 6) is 2.11. The second-order valence-corrected chi connectivity index (χ2v) is 10.6. The van der Waals surface area contributed by atoms with Crippen molar-refractivity contribution in [3.63, 3.8) is 0 Å². The Morgan fingerprint density at radius 3 is 2.53 bits per heavy atom. The standard InChI is InChI=1S/C29H38N4O3/c1-5-35-27(34)29(15-10-7-11-16-29)20-23-18-24(36-21-22-12-8-6-9-13-22)19-25(31-23)32-26-14-17-30-33(26)28(2,3)4/h6,8-9,12-14,17-19H,5,7,10-11,15-16,20-21H2,1-4H3,(H,31,32). The number of nitrogens with one attached hydrogen (secondary N) is 1. The molecule has 4 rings (SSSR count). The number of carbonyl (C=O) groups is 1. The number of aromatic nitrogens is 3. The molecular formula is C29H38N4O3. The minimum atomic E-state index is -0.538. The van der Waals surface area contributed by atoms with Gasteiger partial charge in [0.25, 0.3) is 0 Å². The van der Waals surface area contributed by atoms with Crippen molar-refractivity contribution in [2.45, 2.75) is 78.4 Å². The lowest BCUT2D eigenvalue weighted by Gasteiger charge is -2.34. The van der Waals surface area contributed by atoms with Gasteiger partial charge in [-0.05, 0) is 46.1 Å². The average Bonchev–Trinajstić information content (AvgIpc) is 3.33. The first-order valence-corrected chi connectivity index (χ1v) is 13.0. The first-order valence-electron chi connectivity index (χ1n) is 13.0. The Morgan fingerprint density at radius 2 is 1.83 bits per heavy atom. The van der Waals surface area contributed by atoms with E-state index < -0.39 is 5.41 Å². The predicted molar refractivity (Wildman–Crippen MR) is 141 cm³/mol. The number of ether oxygens (including phenoxy) is 2. The number of esters is 1. The van der Waals surface area contributed by atoms with Crippen LogP contribution < -0.4 is 10.1 Å². The van der Waals surface area contributed by atoms with Crippen molar-refractivity contribution < 1.29 is 14.3 Å². The van der Waals surface area contributed by atoms with Crippen molar-refractivity contribution in [3.05, 3.63) is 66.0 Å². The SMILES string of the molecule is CCOC(=O)C1(Cc2cc(OCc3ccccc3)cc(Nc3ccnn3C(C)(C)C)n2)CCCCC1. The molecule has 1 N–H and O–H groups in total. The number of anilines is 2. The molecule has 1 aliphatic rings. The second kappa shape index (κ2) is 11.1. The summed E-state index contributed by atoms with van der Waals surface area (Å²) >= 11 is 0. The molecular weight excluding hydrogens is 452 g/mol. The van der Waals surface area contributed by atoms with E-state index in [1.165, 1.54) is 0 Å². The topological polar surface area (TPSA) is 78.3 Å². The van der Waals surface area contributed by atoms with Crippen LogP contribution >= 0.6 is 0 Å². The van der Waals surface area contributed by atoms with Gasteiger partial charge < -0.3 is 14.8 Å². The summed E-state index contributed by atoms with van der Waals surface area (Å²) in [5, 5.41) is 7.92. The fourth-order valence-corrected chi connectivity index (χ4v) is 4.92. The quantitative estimate of drug-likeness (QED) is 0.349. The van der Waals surface area contributed by atoms with E-state index in [9.17, 15) is 4.79 Å². The van der Waals surface area contributed by atoms with Gasteiger partial charge in [-0.3, -0.25) is 4.79 Å². The van der Waals surface area contributed by atoms with Gasteiger partial charge in [0, 0.05) is 30.3 Å². The monoisotopic (exact) mass is 490 g/mol. The normalized spacial score (nSPS) is 15.3. The van der Waals surface area contributed by atoms with Crippen LogP contribution in [0.25, 0.3) is 0 Å². The van der Waals surface area contributed by atoms with E-state index in [4.69, 9.17) is 14.5 Å². The highest BCUT2D eigenvalue weighted by atomic mass is 16.5. The molecule has 1 fully saturated rings. The lowest BCUT2D eigenvalue weighted by atomic mass is 9.71. The Labute approximate surface area is 214 Å². The molecule has 0 radical (unpaired) electrons. The van der Waals surface area contributed by atoms with Crippen molar-refractivity contribution in [2.75, 3.05) is 11.9 Å². The van der Waals surface area contributed by atoms with E-state index in [1.807, 2.05) is 60.1 Å². The predicted octanol–water partition coefficient (Wildman–Crippen LogP) is 6.41. The maximum absolute atomic E-state index is 13.1. The minimum Gasteiger partial charge on any atom is -0.489 e. The number of hydrogen-bond acceptors (Lipinski definition) is 6. The van der Waals surface area contributed by atoms with E-state index >= 15 is 0 Å². The highest BCUT2D eigenvalue weighted by Gasteiger charge is 2.41. The van der Waals surface area contributed by atoms with E-state index in [0.29, 0.717) is 31.2 Å². The second-order valence-electron chi connectivity index (χ2n) is 10.6. The zero-order chi connectivity index (χ0) is 25.6. The fourth-order valence-electron chi connectivity index (χ4n) is 4.92. The third-order valence-electron chi connectivity index (χ3n) is 6.67. The highest BCUT2D eigenvalue weighted by Crippen LogP contribution is 2.41. The largest absolute Gasteiger partial charge is 0.489 e. The molecule has 0 spiro atoms. The summed E-state index contributed by atoms with van der Waals surface area (Å²) in [6, 6.07) is 15.9. The average molecular weight is 491 g/mol. The molecule has 1 saturated carbocycles. The highest BCUT2D eigenvalue weighted by molar-refractivity contribution is 5.77. The lowest BCUT2D eigenvalue weighted by molar-refractivity contribution is -0.157. The number of rotatable bonds is 9. The Kier molecular flexibility index (Phi) is 7.97. The van der Waals surface area contributed by atoms with Crippen LogP contribution in [0.15, 0.2) is 54.7 Å². The van der Waals surface area contributed by atoms with Crippen molar-refractivity contribution in [2.24, 2.45) is 5.41 Å². The molecule has 1 aromatic carbocycles. The van der Waals surface area contributed by atoms with Crippen molar-refractivity contribution >= 4 is 17.6 Å². The summed E-state index contributed by atoms with van der Waals surface area (Å²) in [6.45, 7) is 9.02. The molecule has 2 heterocycles. The van der Waals surface area contributed by atoms with Crippen molar-refractivity contribution in [3.8, 4) is 5.75 Å². The van der Waals surface area contributed by atoms with Gasteiger partial charge in [0.2, 0.25) is 0 Å². The summed E-state index contributed by atoms with van der Waals surface area (Å²) < 4.78 is 13.7. The van der Waals surface area contributed by atoms with Crippen LogP contribution in [0.5, 0.6) is 5.75 Å². The minimum absolute atomic E-state index is 0.109. The molecule has 7 heteroatoms. The van der Waals surface area contributed by atoms with Gasteiger partial charge >= 0.3 is 5.97 Å². The summed E-state index contributed by atoms with van der Waals surface area (Å²) in [7, 11) is 0. The molecule has 1 aliphatic carbocycles. The lowest BCUT2D eigenvalue weighted by Crippen LogP contribution is -2.37. The van der Waals surface area contributed by atoms with Crippen LogP contribution in [0.1, 0.15) is 71.1 Å². The van der Waals surface area contributed by atoms with Crippen LogP contribution in [0.3, 0.4) is 0 Å². The summed E-state index contributed by atoms with van der Waals surface area (Å²) in [4.78, 5) is 18.0. The van der Waals surface area contributed by atoms with Crippen LogP contribution in [-0.4, -0.2) is 27.3 Å². The van der Waals surface area contributed by atoms with Gasteiger partial charge in [-0.2, -0.15) is 5.10 Å². The Morgan fingerprint density at radius 1 is 1.08 bits per heavy atom. The summed E-state index contributed by atoms with van der Waals surface area (Å²) in [6.07, 6.45) is 7.16. The number of benzene rings is 1. The van der Waals surface area contributed by atoms with E-state index in [1.54, 1.807) is 6.20 Å². The van der Waals surface area contributed by atoms with Crippen molar-refractivity contribution in [1.29, 1.82) is 0 Å². The molecule has 2 aromatic heterocycles. The Balaban J connectivity index is 1.65. The first kappa shape index (κ1) is 25.7. The zero-order valence-electron chi connectivity index (χ0n) is 21.9. The molecule has 3 aromatic rings. The molecule has 0 bridgehead atoms.